The molecule has 1 aliphatic heterocycles. The molecule has 3 unspecified atom stereocenters. The van der Waals surface area contributed by atoms with E-state index in [0.29, 0.717) is 24.1 Å². The van der Waals surface area contributed by atoms with Crippen LogP contribution in [0.25, 0.3) is 0 Å². The molecule has 0 radical (unpaired) electrons. The molecule has 1 amide bonds. The molecule has 0 bridgehead atoms. The highest BCUT2D eigenvalue weighted by Gasteiger charge is 2.50. The minimum Gasteiger partial charge on any atom is -0.385 e. The van der Waals surface area contributed by atoms with E-state index >= 15 is 0 Å². The first-order chi connectivity index (χ1) is 13.1. The average molecular weight is 360 g/mol. The Hall–Kier alpha value is -2.64. The van der Waals surface area contributed by atoms with Gasteiger partial charge in [-0.05, 0) is 49.1 Å². The Labute approximate surface area is 160 Å². The zero-order valence-electron chi connectivity index (χ0n) is 15.3. The number of nitriles is 1. The molecule has 4 heteroatoms. The Kier molecular flexibility index (Phi) is 4.72. The summed E-state index contributed by atoms with van der Waals surface area (Å²) in [5, 5.41) is 20.9. The molecule has 2 aliphatic rings. The summed E-state index contributed by atoms with van der Waals surface area (Å²) in [5.74, 6) is 0.0573. The van der Waals surface area contributed by atoms with Crippen LogP contribution in [-0.2, 0) is 5.60 Å². The van der Waals surface area contributed by atoms with Gasteiger partial charge >= 0.3 is 0 Å². The summed E-state index contributed by atoms with van der Waals surface area (Å²) in [6.45, 7) is 0.530. The van der Waals surface area contributed by atoms with E-state index < -0.39 is 5.60 Å². The van der Waals surface area contributed by atoms with Crippen LogP contribution in [0.3, 0.4) is 0 Å². The summed E-state index contributed by atoms with van der Waals surface area (Å²) in [6, 6.07) is 18.9. The van der Waals surface area contributed by atoms with Crippen molar-refractivity contribution in [2.45, 2.75) is 43.7 Å². The van der Waals surface area contributed by atoms with Crippen LogP contribution in [0.2, 0.25) is 0 Å². The summed E-state index contributed by atoms with van der Waals surface area (Å²) in [6.07, 6.45) is 4.46. The van der Waals surface area contributed by atoms with Gasteiger partial charge in [0.1, 0.15) is 0 Å². The summed E-state index contributed by atoms with van der Waals surface area (Å²) in [5.41, 5.74) is 1.10. The first kappa shape index (κ1) is 17.8. The maximum Gasteiger partial charge on any atom is 0.254 e. The number of fused-ring (bicyclic) bond motifs is 1. The predicted octanol–water partition coefficient (Wildman–Crippen LogP) is 3.85. The summed E-state index contributed by atoms with van der Waals surface area (Å²) >= 11 is 0. The molecular formula is C23H24N2O2. The molecule has 2 aromatic carbocycles. The molecule has 0 aromatic heterocycles. The second-order valence-electron chi connectivity index (χ2n) is 7.69. The highest BCUT2D eigenvalue weighted by molar-refractivity contribution is 5.94. The van der Waals surface area contributed by atoms with Gasteiger partial charge in [0, 0.05) is 24.1 Å². The molecule has 1 saturated carbocycles. The number of hydrogen-bond acceptors (Lipinski definition) is 3. The number of hydrogen-bond donors (Lipinski definition) is 1. The predicted molar refractivity (Wildman–Crippen MR) is 103 cm³/mol. The Morgan fingerprint density at radius 1 is 1.11 bits per heavy atom. The number of rotatable bonds is 2. The first-order valence-electron chi connectivity index (χ1n) is 9.72. The fourth-order valence-electron chi connectivity index (χ4n) is 4.90. The quantitative estimate of drug-likeness (QED) is 0.885. The van der Waals surface area contributed by atoms with Crippen LogP contribution in [0.15, 0.2) is 54.6 Å². The molecule has 4 nitrogen and oxygen atoms in total. The summed E-state index contributed by atoms with van der Waals surface area (Å²) in [4.78, 5) is 15.1. The number of aliphatic hydroxyl groups is 1. The molecule has 1 saturated heterocycles. The van der Waals surface area contributed by atoms with E-state index in [9.17, 15) is 15.2 Å². The van der Waals surface area contributed by atoms with Gasteiger partial charge in [0.25, 0.3) is 5.91 Å². The van der Waals surface area contributed by atoms with Gasteiger partial charge in [0.2, 0.25) is 0 Å². The Bertz CT molecular complexity index is 873. The van der Waals surface area contributed by atoms with Crippen LogP contribution in [0, 0.1) is 17.2 Å². The van der Waals surface area contributed by atoms with Crippen molar-refractivity contribution in [2.75, 3.05) is 6.54 Å². The second kappa shape index (κ2) is 7.17. The minimum atomic E-state index is -0.981. The van der Waals surface area contributed by atoms with Crippen LogP contribution in [-0.4, -0.2) is 28.5 Å². The maximum atomic E-state index is 13.1. The van der Waals surface area contributed by atoms with Crippen LogP contribution in [0.5, 0.6) is 0 Å². The third-order valence-electron chi connectivity index (χ3n) is 6.25. The molecule has 2 fully saturated rings. The molecule has 1 aliphatic carbocycles. The molecule has 1 N–H and O–H groups in total. The monoisotopic (exact) mass is 360 g/mol. The normalized spacial score (nSPS) is 27.5. The van der Waals surface area contributed by atoms with Crippen LogP contribution >= 0.6 is 0 Å². The van der Waals surface area contributed by atoms with Gasteiger partial charge in [-0.3, -0.25) is 4.79 Å². The van der Waals surface area contributed by atoms with Crippen molar-refractivity contribution in [3.05, 3.63) is 71.3 Å². The summed E-state index contributed by atoms with van der Waals surface area (Å²) in [7, 11) is 0. The lowest BCUT2D eigenvalue weighted by Crippen LogP contribution is -2.59. The average Bonchev–Trinajstić information content (AvgIpc) is 2.74. The number of carbonyl (C=O) groups is 1. The molecule has 2 aromatic rings. The number of amides is 1. The van der Waals surface area contributed by atoms with Gasteiger partial charge in [-0.2, -0.15) is 5.26 Å². The van der Waals surface area contributed by atoms with Crippen molar-refractivity contribution in [2.24, 2.45) is 5.92 Å². The lowest BCUT2D eigenvalue weighted by Gasteiger charge is -2.52. The smallest absolute Gasteiger partial charge is 0.254 e. The third-order valence-corrected chi connectivity index (χ3v) is 6.25. The van der Waals surface area contributed by atoms with Crippen molar-refractivity contribution in [1.82, 2.24) is 4.90 Å². The van der Waals surface area contributed by atoms with E-state index in [2.05, 4.69) is 6.07 Å². The number of benzene rings is 2. The standard InChI is InChI=1S/C23H24N2O2/c24-16-17-7-6-10-19(15-17)23(27)13-14-25(21-12-5-4-11-20(21)23)22(26)18-8-2-1-3-9-18/h1-3,6-10,15,20-21,27H,4-5,11-14H2. The number of piperidine rings is 1. The molecular weight excluding hydrogens is 336 g/mol. The zero-order chi connectivity index (χ0) is 18.9. The van der Waals surface area contributed by atoms with Gasteiger partial charge in [0.15, 0.2) is 0 Å². The van der Waals surface area contributed by atoms with E-state index in [-0.39, 0.29) is 17.9 Å². The van der Waals surface area contributed by atoms with Crippen molar-refractivity contribution in [3.8, 4) is 6.07 Å². The van der Waals surface area contributed by atoms with E-state index in [1.807, 2.05) is 47.4 Å². The SMILES string of the molecule is N#Cc1cccc(C2(O)CCN(C(=O)c3ccccc3)C3CCCCC32)c1. The molecule has 27 heavy (non-hydrogen) atoms. The molecule has 1 heterocycles. The Balaban J connectivity index is 1.67. The maximum absolute atomic E-state index is 13.1. The third kappa shape index (κ3) is 3.13. The number of nitrogens with zero attached hydrogens (tertiary/aromatic N) is 2. The van der Waals surface area contributed by atoms with Crippen LogP contribution in [0.4, 0.5) is 0 Å². The molecule has 138 valence electrons. The first-order valence-corrected chi connectivity index (χ1v) is 9.72. The van der Waals surface area contributed by atoms with Gasteiger partial charge in [-0.15, -0.1) is 0 Å². The van der Waals surface area contributed by atoms with Crippen molar-refractivity contribution >= 4 is 5.91 Å². The van der Waals surface area contributed by atoms with Crippen LogP contribution in [0.1, 0.15) is 53.6 Å². The van der Waals surface area contributed by atoms with Crippen molar-refractivity contribution in [3.63, 3.8) is 0 Å². The fourth-order valence-corrected chi connectivity index (χ4v) is 4.90. The highest BCUT2D eigenvalue weighted by atomic mass is 16.3. The van der Waals surface area contributed by atoms with E-state index in [1.165, 1.54) is 0 Å². The molecule has 4 rings (SSSR count). The van der Waals surface area contributed by atoms with Gasteiger partial charge in [-0.1, -0.05) is 43.2 Å². The minimum absolute atomic E-state index is 0.00149. The number of carbonyl (C=O) groups excluding carboxylic acids is 1. The van der Waals surface area contributed by atoms with Crippen LogP contribution < -0.4 is 0 Å². The fraction of sp³-hybridized carbons (Fsp3) is 0.391. The Morgan fingerprint density at radius 2 is 1.89 bits per heavy atom. The molecule has 0 spiro atoms. The lowest BCUT2D eigenvalue weighted by molar-refractivity contribution is -0.110. The molecule has 3 atom stereocenters. The number of likely N-dealkylation sites (tertiary alicyclic amines) is 1. The van der Waals surface area contributed by atoms with Crippen molar-refractivity contribution < 1.29 is 9.90 Å². The zero-order valence-corrected chi connectivity index (χ0v) is 15.3. The lowest BCUT2D eigenvalue weighted by atomic mass is 9.66. The van der Waals surface area contributed by atoms with Gasteiger partial charge in [0.05, 0.1) is 17.2 Å². The van der Waals surface area contributed by atoms with E-state index in [0.717, 1.165) is 31.2 Å². The summed E-state index contributed by atoms with van der Waals surface area (Å²) < 4.78 is 0. The Morgan fingerprint density at radius 3 is 2.67 bits per heavy atom. The van der Waals surface area contributed by atoms with Crippen molar-refractivity contribution in [1.29, 1.82) is 5.26 Å². The largest absolute Gasteiger partial charge is 0.385 e. The van der Waals surface area contributed by atoms with E-state index in [4.69, 9.17) is 0 Å². The van der Waals surface area contributed by atoms with Gasteiger partial charge < -0.3 is 10.0 Å². The van der Waals surface area contributed by atoms with E-state index in [1.54, 1.807) is 12.1 Å². The highest BCUT2D eigenvalue weighted by Crippen LogP contribution is 2.47. The topological polar surface area (TPSA) is 64.3 Å². The second-order valence-corrected chi connectivity index (χ2v) is 7.69. The van der Waals surface area contributed by atoms with Gasteiger partial charge in [-0.25, -0.2) is 0 Å².